The van der Waals surface area contributed by atoms with Crippen LogP contribution in [0.15, 0.2) is 0 Å². The number of ether oxygens (including phenoxy) is 3. The van der Waals surface area contributed by atoms with Crippen LogP contribution in [0.1, 0.15) is 46.0 Å². The lowest BCUT2D eigenvalue weighted by Gasteiger charge is -2.42. The number of nitrogens with one attached hydrogen (secondary N) is 3. The molecule has 0 saturated carbocycles. The summed E-state index contributed by atoms with van der Waals surface area (Å²) in [5, 5.41) is 36.4. The highest BCUT2D eigenvalue weighted by atomic mass is 19.3. The van der Waals surface area contributed by atoms with E-state index in [4.69, 9.17) is 14.2 Å². The van der Waals surface area contributed by atoms with Crippen molar-refractivity contribution in [3.63, 3.8) is 0 Å². The second-order valence-corrected chi connectivity index (χ2v) is 8.31. The standard InChI is InChI=1S/C21H37F2N3O9/c1-12(2)34-11-25-15(29)9-14(28)24-7-5-3-4-6-8-33-21-16(26-20(32)19(22)23)18(31)17(30)13(10-27)35-21/h12-13,16-19,21,27,30-31H,3-11H2,1-2H3,(H,24,28)(H,25,29)(H,26,32). The Morgan fingerprint density at radius 1 is 1.00 bits per heavy atom. The molecule has 1 fully saturated rings. The molecule has 3 amide bonds. The van der Waals surface area contributed by atoms with Crippen molar-refractivity contribution in [1.29, 1.82) is 0 Å². The first-order valence-electron chi connectivity index (χ1n) is 11.5. The molecule has 1 aliphatic rings. The maximum absolute atomic E-state index is 12.6. The average Bonchev–Trinajstić information content (AvgIpc) is 2.79. The number of halogens is 2. The van der Waals surface area contributed by atoms with E-state index in [2.05, 4.69) is 10.6 Å². The lowest BCUT2D eigenvalue weighted by molar-refractivity contribution is -0.270. The molecule has 0 radical (unpaired) electrons. The summed E-state index contributed by atoms with van der Waals surface area (Å²) in [4.78, 5) is 34.7. The summed E-state index contributed by atoms with van der Waals surface area (Å²) in [6.45, 7) is 3.51. The number of rotatable bonds is 16. The van der Waals surface area contributed by atoms with Crippen molar-refractivity contribution in [2.24, 2.45) is 0 Å². The average molecular weight is 514 g/mol. The van der Waals surface area contributed by atoms with Crippen LogP contribution in [0.2, 0.25) is 0 Å². The van der Waals surface area contributed by atoms with E-state index < -0.39 is 61.4 Å². The van der Waals surface area contributed by atoms with Crippen LogP contribution in [0.3, 0.4) is 0 Å². The molecule has 0 bridgehead atoms. The number of hydrogen-bond donors (Lipinski definition) is 6. The maximum Gasteiger partial charge on any atom is 0.315 e. The summed E-state index contributed by atoms with van der Waals surface area (Å²) in [5.74, 6) is -2.49. The van der Waals surface area contributed by atoms with E-state index in [1.807, 2.05) is 19.2 Å². The van der Waals surface area contributed by atoms with E-state index >= 15 is 0 Å². The first-order chi connectivity index (χ1) is 16.6. The van der Waals surface area contributed by atoms with Crippen molar-refractivity contribution >= 4 is 17.7 Å². The van der Waals surface area contributed by atoms with Gasteiger partial charge in [-0.15, -0.1) is 0 Å². The number of unbranched alkanes of at least 4 members (excludes halogenated alkanes) is 3. The quantitative estimate of drug-likeness (QED) is 0.0837. The van der Waals surface area contributed by atoms with E-state index in [0.717, 1.165) is 6.42 Å². The highest BCUT2D eigenvalue weighted by molar-refractivity contribution is 5.96. The SMILES string of the molecule is CC(C)OCNC(=O)CC(=O)NCCCCCCOC1OC(CO)C(O)C(O)C1NC(=O)C(F)F. The lowest BCUT2D eigenvalue weighted by atomic mass is 9.97. The Morgan fingerprint density at radius 2 is 1.66 bits per heavy atom. The molecule has 5 unspecified atom stereocenters. The van der Waals surface area contributed by atoms with Gasteiger partial charge in [0, 0.05) is 13.2 Å². The summed E-state index contributed by atoms with van der Waals surface area (Å²) >= 11 is 0. The third-order valence-corrected chi connectivity index (χ3v) is 5.07. The monoisotopic (exact) mass is 513 g/mol. The molecule has 1 aliphatic heterocycles. The number of aliphatic hydroxyl groups is 3. The van der Waals surface area contributed by atoms with Crippen molar-refractivity contribution in [3.05, 3.63) is 0 Å². The van der Waals surface area contributed by atoms with Crippen molar-refractivity contribution in [3.8, 4) is 0 Å². The first-order valence-corrected chi connectivity index (χ1v) is 11.5. The highest BCUT2D eigenvalue weighted by Gasteiger charge is 2.46. The highest BCUT2D eigenvalue weighted by Crippen LogP contribution is 2.23. The third kappa shape index (κ3) is 12.0. The zero-order valence-corrected chi connectivity index (χ0v) is 20.0. The Morgan fingerprint density at radius 3 is 2.29 bits per heavy atom. The van der Waals surface area contributed by atoms with Gasteiger partial charge in [-0.25, -0.2) is 0 Å². The fourth-order valence-electron chi connectivity index (χ4n) is 3.17. The molecule has 0 aromatic heterocycles. The van der Waals surface area contributed by atoms with Crippen LogP contribution in [0.25, 0.3) is 0 Å². The third-order valence-electron chi connectivity index (χ3n) is 5.07. The number of hydrogen-bond acceptors (Lipinski definition) is 9. The molecule has 35 heavy (non-hydrogen) atoms. The van der Waals surface area contributed by atoms with E-state index in [-0.39, 0.29) is 25.9 Å². The summed E-state index contributed by atoms with van der Waals surface area (Å²) in [5.41, 5.74) is 0. The van der Waals surface area contributed by atoms with Crippen molar-refractivity contribution in [2.75, 3.05) is 26.5 Å². The largest absolute Gasteiger partial charge is 0.394 e. The zero-order valence-electron chi connectivity index (χ0n) is 20.0. The van der Waals surface area contributed by atoms with Gasteiger partial charge in [0.05, 0.1) is 12.7 Å². The van der Waals surface area contributed by atoms with Crippen LogP contribution in [0.4, 0.5) is 8.78 Å². The van der Waals surface area contributed by atoms with Crippen LogP contribution in [-0.2, 0) is 28.6 Å². The summed E-state index contributed by atoms with van der Waals surface area (Å²) in [6.07, 6.45) is -6.92. The van der Waals surface area contributed by atoms with Gasteiger partial charge in [0.25, 0.3) is 5.91 Å². The minimum atomic E-state index is -3.33. The summed E-state index contributed by atoms with van der Waals surface area (Å²) in [6, 6.07) is -1.45. The van der Waals surface area contributed by atoms with Gasteiger partial charge >= 0.3 is 6.43 Å². The minimum absolute atomic E-state index is 0.0329. The molecule has 12 nitrogen and oxygen atoms in total. The summed E-state index contributed by atoms with van der Waals surface area (Å²) in [7, 11) is 0. The lowest BCUT2D eigenvalue weighted by Crippen LogP contribution is -2.65. The van der Waals surface area contributed by atoms with E-state index in [9.17, 15) is 38.5 Å². The van der Waals surface area contributed by atoms with Gasteiger partial charge in [-0.3, -0.25) is 14.4 Å². The minimum Gasteiger partial charge on any atom is -0.394 e. The van der Waals surface area contributed by atoms with Gasteiger partial charge in [0.1, 0.15) is 37.5 Å². The molecule has 1 saturated heterocycles. The van der Waals surface area contributed by atoms with Crippen LogP contribution in [0, 0.1) is 0 Å². The van der Waals surface area contributed by atoms with Crippen LogP contribution in [0.5, 0.6) is 0 Å². The fraction of sp³-hybridized carbons (Fsp3) is 0.857. The van der Waals surface area contributed by atoms with Gasteiger partial charge in [0.2, 0.25) is 11.8 Å². The van der Waals surface area contributed by atoms with Crippen LogP contribution in [-0.4, -0.2) is 103 Å². The molecule has 0 aliphatic carbocycles. The van der Waals surface area contributed by atoms with Gasteiger partial charge in [-0.1, -0.05) is 12.8 Å². The van der Waals surface area contributed by atoms with Gasteiger partial charge in [0.15, 0.2) is 6.29 Å². The topological polar surface area (TPSA) is 176 Å². The van der Waals surface area contributed by atoms with Gasteiger partial charge in [-0.2, -0.15) is 8.78 Å². The first kappa shape index (κ1) is 31.1. The molecule has 1 rings (SSSR count). The molecular weight excluding hydrogens is 476 g/mol. The molecule has 0 aromatic rings. The smallest absolute Gasteiger partial charge is 0.315 e. The molecule has 5 atom stereocenters. The van der Waals surface area contributed by atoms with Crippen LogP contribution >= 0.6 is 0 Å². The molecule has 0 spiro atoms. The molecule has 0 aromatic carbocycles. The normalized spacial score (nSPS) is 24.4. The molecule has 14 heteroatoms. The van der Waals surface area contributed by atoms with Crippen molar-refractivity contribution in [1.82, 2.24) is 16.0 Å². The van der Waals surface area contributed by atoms with Gasteiger partial charge < -0.3 is 45.5 Å². The Bertz CT molecular complexity index is 658. The number of aliphatic hydroxyl groups excluding tert-OH is 3. The second-order valence-electron chi connectivity index (χ2n) is 8.31. The van der Waals surface area contributed by atoms with Crippen LogP contribution < -0.4 is 16.0 Å². The molecular formula is C21H37F2N3O9. The Balaban J connectivity index is 2.26. The van der Waals surface area contributed by atoms with Gasteiger partial charge in [-0.05, 0) is 26.7 Å². The maximum atomic E-state index is 12.6. The molecule has 204 valence electrons. The van der Waals surface area contributed by atoms with Crippen molar-refractivity contribution in [2.45, 2.75) is 89.1 Å². The van der Waals surface area contributed by atoms with E-state index in [1.165, 1.54) is 0 Å². The molecule has 1 heterocycles. The Labute approximate surface area is 202 Å². The number of carbonyl (C=O) groups excluding carboxylic acids is 3. The molecule has 6 N–H and O–H groups in total. The van der Waals surface area contributed by atoms with E-state index in [1.54, 1.807) is 0 Å². The second kappa shape index (κ2) is 16.7. The van der Waals surface area contributed by atoms with E-state index in [0.29, 0.717) is 25.8 Å². The Hall–Kier alpha value is -1.97. The summed E-state index contributed by atoms with van der Waals surface area (Å²) < 4.78 is 41.1. The number of alkyl halides is 2. The Kier molecular flexibility index (Phi) is 14.8. The zero-order chi connectivity index (χ0) is 26.4. The predicted molar refractivity (Wildman–Crippen MR) is 117 cm³/mol. The predicted octanol–water partition coefficient (Wildman–Crippen LogP) is -1.24. The van der Waals surface area contributed by atoms with Crippen molar-refractivity contribution < 1.29 is 52.7 Å². The number of amides is 3. The number of carbonyl (C=O) groups is 3. The fourth-order valence-corrected chi connectivity index (χ4v) is 3.17.